The number of hydrogen-bond acceptors (Lipinski definition) is 3. The SMILES string of the molecule is C[Si]1(C)c2ccccc2-c2c(-c3ccccc3)nc(-c3cccc(-c4cccc(-c5cccc(-c6cccc7c6oc6ccccc67)c5)c4)c3)nc21. The predicted molar refractivity (Wildman–Crippen MR) is 219 cm³/mol. The lowest BCUT2D eigenvalue weighted by molar-refractivity contribution is 0.670. The van der Waals surface area contributed by atoms with Crippen LogP contribution in [0.3, 0.4) is 0 Å². The van der Waals surface area contributed by atoms with Gasteiger partial charge >= 0.3 is 0 Å². The van der Waals surface area contributed by atoms with Crippen molar-refractivity contribution in [3.05, 3.63) is 170 Å². The van der Waals surface area contributed by atoms with Crippen molar-refractivity contribution in [2.75, 3.05) is 0 Å². The van der Waals surface area contributed by atoms with E-state index in [1.165, 1.54) is 21.6 Å². The number of hydrogen-bond donors (Lipinski definition) is 0. The summed E-state index contributed by atoms with van der Waals surface area (Å²) in [5.41, 5.74) is 14.3. The van der Waals surface area contributed by atoms with Crippen molar-refractivity contribution < 1.29 is 4.42 Å². The average molecular weight is 683 g/mol. The molecule has 0 unspecified atom stereocenters. The summed E-state index contributed by atoms with van der Waals surface area (Å²) in [6.07, 6.45) is 0. The van der Waals surface area contributed by atoms with E-state index in [2.05, 4.69) is 171 Å². The van der Waals surface area contributed by atoms with Gasteiger partial charge in [0.2, 0.25) is 0 Å². The van der Waals surface area contributed by atoms with E-state index in [1.54, 1.807) is 0 Å². The molecule has 0 bridgehead atoms. The molecule has 0 fully saturated rings. The lowest BCUT2D eigenvalue weighted by Crippen LogP contribution is -2.50. The number of furan rings is 1. The molecule has 10 rings (SSSR count). The fraction of sp³-hybridized carbons (Fsp3) is 0.0417. The summed E-state index contributed by atoms with van der Waals surface area (Å²) in [5, 5.41) is 4.92. The molecule has 0 radical (unpaired) electrons. The molecule has 0 saturated carbocycles. The number of aromatic nitrogens is 2. The molecular formula is C48H34N2OSi. The third-order valence-electron chi connectivity index (χ3n) is 10.6. The normalized spacial score (nSPS) is 13.0. The molecule has 0 amide bonds. The fourth-order valence-electron chi connectivity index (χ4n) is 8.03. The molecule has 52 heavy (non-hydrogen) atoms. The standard InChI is InChI=1S/C48H34N2OSi/c1-52(2)43-27-9-7-23-41(43)44-45(31-14-4-3-5-15-31)49-47(50-48(44)52)37-21-12-19-35(30-37)33-17-10-16-32(28-33)34-18-11-20-36(29-34)38-24-13-25-40-39-22-6-8-26-42(39)51-46(38)40/h3-30H,1-2H3. The highest BCUT2D eigenvalue weighted by Gasteiger charge is 2.41. The smallest absolute Gasteiger partial charge is 0.159 e. The Labute approximate surface area is 303 Å². The van der Waals surface area contributed by atoms with Crippen LogP contribution >= 0.6 is 0 Å². The van der Waals surface area contributed by atoms with Crippen molar-refractivity contribution in [1.82, 2.24) is 9.97 Å². The van der Waals surface area contributed by atoms with Gasteiger partial charge in [-0.05, 0) is 62.8 Å². The van der Waals surface area contributed by atoms with Gasteiger partial charge in [0, 0.05) is 38.3 Å². The van der Waals surface area contributed by atoms with Crippen LogP contribution in [0.2, 0.25) is 13.1 Å². The van der Waals surface area contributed by atoms with E-state index in [4.69, 9.17) is 14.4 Å². The monoisotopic (exact) mass is 682 g/mol. The maximum atomic E-state index is 6.38. The summed E-state index contributed by atoms with van der Waals surface area (Å²) in [5.74, 6) is 0.774. The van der Waals surface area contributed by atoms with Crippen molar-refractivity contribution in [1.29, 1.82) is 0 Å². The van der Waals surface area contributed by atoms with E-state index in [0.717, 1.165) is 78.0 Å². The second-order valence-corrected chi connectivity index (χ2v) is 18.4. The minimum atomic E-state index is -2.04. The van der Waals surface area contributed by atoms with Crippen molar-refractivity contribution >= 4 is 40.5 Å². The Morgan fingerprint density at radius 1 is 0.442 bits per heavy atom. The van der Waals surface area contributed by atoms with E-state index in [1.807, 2.05) is 12.1 Å². The van der Waals surface area contributed by atoms with Gasteiger partial charge in [0.05, 0.1) is 5.69 Å². The molecular weight excluding hydrogens is 649 g/mol. The summed E-state index contributed by atoms with van der Waals surface area (Å²) in [6, 6.07) is 60.3. The first kappa shape index (κ1) is 30.5. The van der Waals surface area contributed by atoms with Crippen molar-refractivity contribution in [3.63, 3.8) is 0 Å². The number of rotatable bonds is 5. The topological polar surface area (TPSA) is 38.9 Å². The third kappa shape index (κ3) is 4.87. The second kappa shape index (κ2) is 11.9. The van der Waals surface area contributed by atoms with Crippen LogP contribution < -0.4 is 10.5 Å². The zero-order valence-corrected chi connectivity index (χ0v) is 30.0. The fourth-order valence-corrected chi connectivity index (χ4v) is 10.9. The van der Waals surface area contributed by atoms with Gasteiger partial charge in [0.1, 0.15) is 19.2 Å². The van der Waals surface area contributed by atoms with Crippen LogP contribution in [-0.4, -0.2) is 18.0 Å². The molecule has 3 heterocycles. The first-order valence-corrected chi connectivity index (χ1v) is 20.8. The van der Waals surface area contributed by atoms with Crippen LogP contribution in [-0.2, 0) is 0 Å². The minimum absolute atomic E-state index is 0.774. The van der Waals surface area contributed by atoms with Crippen LogP contribution in [0.5, 0.6) is 0 Å². The van der Waals surface area contributed by atoms with E-state index < -0.39 is 8.07 Å². The van der Waals surface area contributed by atoms with Crippen LogP contribution in [0.1, 0.15) is 0 Å². The first-order chi connectivity index (χ1) is 25.5. The number of para-hydroxylation sites is 2. The maximum Gasteiger partial charge on any atom is 0.159 e. The Kier molecular flexibility index (Phi) is 6.95. The molecule has 1 aliphatic rings. The van der Waals surface area contributed by atoms with E-state index in [9.17, 15) is 0 Å². The Balaban J connectivity index is 1.05. The summed E-state index contributed by atoms with van der Waals surface area (Å²) >= 11 is 0. The summed E-state index contributed by atoms with van der Waals surface area (Å²) < 4.78 is 6.38. The van der Waals surface area contributed by atoms with E-state index in [0.29, 0.717) is 0 Å². The highest BCUT2D eigenvalue weighted by molar-refractivity contribution is 7.03. The van der Waals surface area contributed by atoms with Gasteiger partial charge in [-0.1, -0.05) is 159 Å². The molecule has 1 aliphatic heterocycles. The number of benzene rings is 7. The quantitative estimate of drug-likeness (QED) is 0.170. The zero-order chi connectivity index (χ0) is 34.8. The van der Waals surface area contributed by atoms with E-state index in [-0.39, 0.29) is 0 Å². The number of fused-ring (bicyclic) bond motifs is 6. The van der Waals surface area contributed by atoms with Gasteiger partial charge in [-0.3, -0.25) is 0 Å². The van der Waals surface area contributed by atoms with Gasteiger partial charge < -0.3 is 4.42 Å². The Bertz CT molecular complexity index is 2830. The predicted octanol–water partition coefficient (Wildman–Crippen LogP) is 11.5. The van der Waals surface area contributed by atoms with Crippen molar-refractivity contribution in [3.8, 4) is 67.2 Å². The van der Waals surface area contributed by atoms with Gasteiger partial charge in [0.15, 0.2) is 5.82 Å². The lowest BCUT2D eigenvalue weighted by Gasteiger charge is -2.19. The Morgan fingerprint density at radius 2 is 0.981 bits per heavy atom. The zero-order valence-electron chi connectivity index (χ0n) is 29.0. The third-order valence-corrected chi connectivity index (χ3v) is 14.0. The van der Waals surface area contributed by atoms with Gasteiger partial charge in [-0.2, -0.15) is 0 Å². The summed E-state index contributed by atoms with van der Waals surface area (Å²) in [4.78, 5) is 10.7. The van der Waals surface area contributed by atoms with Gasteiger partial charge in [0.25, 0.3) is 0 Å². The summed E-state index contributed by atoms with van der Waals surface area (Å²) in [7, 11) is -2.04. The molecule has 4 heteroatoms. The molecule has 0 N–H and O–H groups in total. The van der Waals surface area contributed by atoms with Crippen molar-refractivity contribution in [2.24, 2.45) is 0 Å². The molecule has 3 nitrogen and oxygen atoms in total. The molecule has 2 aromatic heterocycles. The summed E-state index contributed by atoms with van der Waals surface area (Å²) in [6.45, 7) is 4.83. The molecule has 0 aliphatic carbocycles. The molecule has 0 atom stereocenters. The number of nitrogens with zero attached hydrogens (tertiary/aromatic N) is 2. The second-order valence-electron chi connectivity index (χ2n) is 14.2. The molecule has 9 aromatic rings. The average Bonchev–Trinajstić information content (AvgIpc) is 3.70. The van der Waals surface area contributed by atoms with Crippen LogP contribution in [0.25, 0.3) is 89.1 Å². The highest BCUT2D eigenvalue weighted by Crippen LogP contribution is 2.39. The maximum absolute atomic E-state index is 6.38. The minimum Gasteiger partial charge on any atom is -0.455 e. The first-order valence-electron chi connectivity index (χ1n) is 17.8. The molecule has 0 saturated heterocycles. The molecule has 7 aromatic carbocycles. The Hall–Kier alpha value is -6.36. The van der Waals surface area contributed by atoms with Gasteiger partial charge in [-0.25, -0.2) is 9.97 Å². The molecule has 0 spiro atoms. The van der Waals surface area contributed by atoms with Crippen LogP contribution in [0.15, 0.2) is 174 Å². The molecule has 246 valence electrons. The van der Waals surface area contributed by atoms with Gasteiger partial charge in [-0.15, -0.1) is 0 Å². The Morgan fingerprint density at radius 3 is 1.75 bits per heavy atom. The largest absolute Gasteiger partial charge is 0.455 e. The van der Waals surface area contributed by atoms with E-state index >= 15 is 0 Å². The van der Waals surface area contributed by atoms with Crippen molar-refractivity contribution in [2.45, 2.75) is 13.1 Å². The van der Waals surface area contributed by atoms with Crippen LogP contribution in [0.4, 0.5) is 0 Å². The lowest BCUT2D eigenvalue weighted by atomic mass is 9.95. The van der Waals surface area contributed by atoms with Crippen LogP contribution in [0, 0.1) is 0 Å². The highest BCUT2D eigenvalue weighted by atomic mass is 28.3.